The van der Waals surface area contributed by atoms with Gasteiger partial charge in [0.25, 0.3) is 5.56 Å². The lowest BCUT2D eigenvalue weighted by Gasteiger charge is -2.34. The third-order valence-corrected chi connectivity index (χ3v) is 3.48. The summed E-state index contributed by atoms with van der Waals surface area (Å²) in [5.74, 6) is 0. The minimum Gasteiger partial charge on any atom is -0.303 e. The molecular formula is C13H20FN3O2. The maximum Gasteiger partial charge on any atom is 0.330 e. The second kappa shape index (κ2) is 5.28. The van der Waals surface area contributed by atoms with Gasteiger partial charge in [0.05, 0.1) is 0 Å². The number of halogens is 1. The van der Waals surface area contributed by atoms with Gasteiger partial charge in [-0.15, -0.1) is 0 Å². The van der Waals surface area contributed by atoms with E-state index in [9.17, 15) is 14.0 Å². The van der Waals surface area contributed by atoms with E-state index < -0.39 is 6.17 Å². The third kappa shape index (κ3) is 2.78. The Morgan fingerprint density at radius 3 is 2.53 bits per heavy atom. The molecule has 1 saturated heterocycles. The van der Waals surface area contributed by atoms with Crippen LogP contribution in [0.25, 0.3) is 0 Å². The van der Waals surface area contributed by atoms with Crippen LogP contribution in [0.1, 0.15) is 25.5 Å². The summed E-state index contributed by atoms with van der Waals surface area (Å²) in [6.45, 7) is 5.19. The maximum absolute atomic E-state index is 12.7. The first kappa shape index (κ1) is 14.0. The lowest BCUT2D eigenvalue weighted by atomic mass is 10.1. The van der Waals surface area contributed by atoms with E-state index in [2.05, 4.69) is 0 Å². The summed E-state index contributed by atoms with van der Waals surface area (Å²) in [5.41, 5.74) is 0.0880. The molecule has 1 fully saturated rings. The van der Waals surface area contributed by atoms with Crippen molar-refractivity contribution in [3.8, 4) is 0 Å². The van der Waals surface area contributed by atoms with Gasteiger partial charge in [0.15, 0.2) is 0 Å². The molecule has 0 saturated carbocycles. The number of aromatic nitrogens is 2. The molecule has 106 valence electrons. The Morgan fingerprint density at radius 2 is 2.00 bits per heavy atom. The zero-order valence-corrected chi connectivity index (χ0v) is 11.6. The van der Waals surface area contributed by atoms with Crippen molar-refractivity contribution in [1.82, 2.24) is 14.0 Å². The van der Waals surface area contributed by atoms with Crippen LogP contribution in [0, 0.1) is 0 Å². The highest BCUT2D eigenvalue weighted by atomic mass is 19.1. The predicted molar refractivity (Wildman–Crippen MR) is 71.4 cm³/mol. The van der Waals surface area contributed by atoms with Crippen molar-refractivity contribution in [3.05, 3.63) is 32.6 Å². The lowest BCUT2D eigenvalue weighted by molar-refractivity contribution is 0.0669. The highest BCUT2D eigenvalue weighted by Crippen LogP contribution is 2.11. The molecule has 5 nitrogen and oxygen atoms in total. The van der Waals surface area contributed by atoms with Gasteiger partial charge in [0, 0.05) is 44.5 Å². The first-order valence-corrected chi connectivity index (χ1v) is 6.57. The molecule has 0 aliphatic carbocycles. The molecule has 0 unspecified atom stereocenters. The van der Waals surface area contributed by atoms with Crippen LogP contribution in [0.3, 0.4) is 0 Å². The Bertz CT molecular complexity index is 570. The zero-order chi connectivity index (χ0) is 14.2. The number of likely N-dealkylation sites (tertiary alicyclic amines) is 1. The van der Waals surface area contributed by atoms with Crippen molar-refractivity contribution in [2.75, 3.05) is 19.6 Å². The number of hydrogen-bond donors (Lipinski definition) is 0. The van der Waals surface area contributed by atoms with Gasteiger partial charge in [-0.25, -0.2) is 9.18 Å². The van der Waals surface area contributed by atoms with Crippen molar-refractivity contribution in [2.24, 2.45) is 7.05 Å². The monoisotopic (exact) mass is 269 g/mol. The lowest BCUT2D eigenvalue weighted by Crippen LogP contribution is -2.49. The smallest absolute Gasteiger partial charge is 0.303 e. The van der Waals surface area contributed by atoms with Crippen LogP contribution in [0.5, 0.6) is 0 Å². The van der Waals surface area contributed by atoms with E-state index in [-0.39, 0.29) is 17.3 Å². The van der Waals surface area contributed by atoms with Crippen LogP contribution in [0.2, 0.25) is 0 Å². The third-order valence-electron chi connectivity index (χ3n) is 3.48. The summed E-state index contributed by atoms with van der Waals surface area (Å²) in [5, 5.41) is 0. The average molecular weight is 269 g/mol. The fourth-order valence-corrected chi connectivity index (χ4v) is 2.35. The molecule has 1 aromatic rings. The van der Waals surface area contributed by atoms with Gasteiger partial charge in [-0.2, -0.15) is 0 Å². The van der Waals surface area contributed by atoms with Crippen LogP contribution < -0.4 is 11.2 Å². The Labute approximate surface area is 111 Å². The van der Waals surface area contributed by atoms with Crippen molar-refractivity contribution in [3.63, 3.8) is 0 Å². The molecule has 19 heavy (non-hydrogen) atoms. The molecule has 1 aliphatic heterocycles. The van der Waals surface area contributed by atoms with Gasteiger partial charge in [-0.05, 0) is 20.3 Å². The van der Waals surface area contributed by atoms with E-state index in [4.69, 9.17) is 0 Å². The van der Waals surface area contributed by atoms with Crippen LogP contribution >= 0.6 is 0 Å². The van der Waals surface area contributed by atoms with Crippen molar-refractivity contribution >= 4 is 0 Å². The molecule has 2 rings (SSSR count). The van der Waals surface area contributed by atoms with Gasteiger partial charge >= 0.3 is 5.69 Å². The standard InChI is InChI=1S/C13H20FN3O2/c1-9(2)17-12(18)10(6-15(3)13(17)19)4-5-16-7-11(14)8-16/h6,9,11H,4-5,7-8H2,1-3H3. The number of alkyl halides is 1. The molecule has 0 atom stereocenters. The minimum atomic E-state index is -0.729. The quantitative estimate of drug-likeness (QED) is 0.791. The predicted octanol–water partition coefficient (Wildman–Crippen LogP) is 0.324. The second-order valence-corrected chi connectivity index (χ2v) is 5.42. The maximum atomic E-state index is 12.7. The normalized spacial score (nSPS) is 16.9. The first-order chi connectivity index (χ1) is 8.90. The molecule has 6 heteroatoms. The Hall–Kier alpha value is -1.43. The summed E-state index contributed by atoms with van der Waals surface area (Å²) in [7, 11) is 1.64. The van der Waals surface area contributed by atoms with E-state index in [0.29, 0.717) is 31.6 Å². The molecule has 1 aliphatic rings. The van der Waals surface area contributed by atoms with E-state index in [1.54, 1.807) is 13.2 Å². The van der Waals surface area contributed by atoms with Gasteiger partial charge in [0.2, 0.25) is 0 Å². The van der Waals surface area contributed by atoms with Gasteiger partial charge in [-0.1, -0.05) is 0 Å². The molecular weight excluding hydrogens is 249 g/mol. The minimum absolute atomic E-state index is 0.162. The largest absolute Gasteiger partial charge is 0.330 e. The second-order valence-electron chi connectivity index (χ2n) is 5.42. The molecule has 0 aromatic carbocycles. The van der Waals surface area contributed by atoms with Gasteiger partial charge in [-0.3, -0.25) is 14.3 Å². The number of aryl methyl sites for hydroxylation is 1. The molecule has 0 amide bonds. The fraction of sp³-hybridized carbons (Fsp3) is 0.692. The van der Waals surface area contributed by atoms with Crippen LogP contribution in [-0.2, 0) is 13.5 Å². The Balaban J connectivity index is 2.21. The van der Waals surface area contributed by atoms with Crippen molar-refractivity contribution in [2.45, 2.75) is 32.5 Å². The summed E-state index contributed by atoms with van der Waals surface area (Å²) in [6.07, 6.45) is 1.41. The van der Waals surface area contributed by atoms with E-state index >= 15 is 0 Å². The van der Waals surface area contributed by atoms with E-state index in [0.717, 1.165) is 0 Å². The van der Waals surface area contributed by atoms with Gasteiger partial charge in [0.1, 0.15) is 6.17 Å². The first-order valence-electron chi connectivity index (χ1n) is 6.57. The number of hydrogen-bond acceptors (Lipinski definition) is 3. The summed E-state index contributed by atoms with van der Waals surface area (Å²) in [6, 6.07) is -0.162. The Morgan fingerprint density at radius 1 is 1.37 bits per heavy atom. The zero-order valence-electron chi connectivity index (χ0n) is 11.6. The fourth-order valence-electron chi connectivity index (χ4n) is 2.35. The topological polar surface area (TPSA) is 47.2 Å². The number of rotatable bonds is 4. The summed E-state index contributed by atoms with van der Waals surface area (Å²) >= 11 is 0. The van der Waals surface area contributed by atoms with E-state index in [1.807, 2.05) is 18.7 Å². The summed E-state index contributed by atoms with van der Waals surface area (Å²) in [4.78, 5) is 26.1. The Kier molecular flexibility index (Phi) is 3.89. The highest BCUT2D eigenvalue weighted by Gasteiger charge is 2.25. The molecule has 1 aromatic heterocycles. The highest BCUT2D eigenvalue weighted by molar-refractivity contribution is 5.07. The van der Waals surface area contributed by atoms with Crippen molar-refractivity contribution in [1.29, 1.82) is 0 Å². The van der Waals surface area contributed by atoms with Crippen molar-refractivity contribution < 1.29 is 4.39 Å². The average Bonchev–Trinajstić information content (AvgIpc) is 2.29. The van der Waals surface area contributed by atoms with Crippen LogP contribution in [-0.4, -0.2) is 39.8 Å². The van der Waals surface area contributed by atoms with E-state index in [1.165, 1.54) is 9.13 Å². The molecule has 0 bridgehead atoms. The van der Waals surface area contributed by atoms with Crippen LogP contribution in [0.15, 0.2) is 15.8 Å². The molecule has 0 N–H and O–H groups in total. The number of nitrogens with zero attached hydrogens (tertiary/aromatic N) is 3. The molecule has 0 radical (unpaired) electrons. The SMILES string of the molecule is CC(C)n1c(=O)c(CCN2CC(F)C2)cn(C)c1=O. The van der Waals surface area contributed by atoms with Crippen LogP contribution in [0.4, 0.5) is 4.39 Å². The summed E-state index contributed by atoms with van der Waals surface area (Å²) < 4.78 is 15.4. The van der Waals surface area contributed by atoms with Gasteiger partial charge < -0.3 is 4.57 Å². The molecule has 2 heterocycles. The molecule has 0 spiro atoms.